The van der Waals surface area contributed by atoms with Crippen molar-refractivity contribution in [2.24, 2.45) is 0 Å². The van der Waals surface area contributed by atoms with Crippen molar-refractivity contribution >= 4 is 23.5 Å². The number of ether oxygens (including phenoxy) is 1. The van der Waals surface area contributed by atoms with E-state index in [-0.39, 0.29) is 17.0 Å². The highest BCUT2D eigenvalue weighted by atomic mass is 35.5. The molecule has 1 aliphatic heterocycles. The Hall–Kier alpha value is -1.80. The maximum absolute atomic E-state index is 12.7. The van der Waals surface area contributed by atoms with Crippen LogP contribution in [0, 0.1) is 0 Å². The van der Waals surface area contributed by atoms with Gasteiger partial charge in [0.2, 0.25) is 0 Å². The molecule has 23 heavy (non-hydrogen) atoms. The van der Waals surface area contributed by atoms with Crippen LogP contribution >= 0.6 is 11.6 Å². The lowest BCUT2D eigenvalue weighted by atomic mass is 10.1. The largest absolute Gasteiger partial charge is 0.468 e. The lowest BCUT2D eigenvalue weighted by Gasteiger charge is -2.14. The van der Waals surface area contributed by atoms with Gasteiger partial charge in [-0.05, 0) is 24.6 Å². The molecule has 1 amide bonds. The Kier molecular flexibility index (Phi) is 5.16. The minimum Gasteiger partial charge on any atom is -0.468 e. The molecule has 0 unspecified atom stereocenters. The van der Waals surface area contributed by atoms with E-state index in [0.29, 0.717) is 12.6 Å². The lowest BCUT2D eigenvalue weighted by Crippen LogP contribution is -2.36. The molecule has 1 saturated heterocycles. The Bertz CT molecular complexity index is 622. The van der Waals surface area contributed by atoms with Crippen LogP contribution in [0.5, 0.6) is 0 Å². The smallest absolute Gasteiger partial charge is 0.416 e. The normalized spacial score (nSPS) is 21.1. The van der Waals surface area contributed by atoms with E-state index in [2.05, 4.69) is 15.4 Å². The molecule has 1 heterocycles. The number of halogens is 4. The van der Waals surface area contributed by atoms with Crippen LogP contribution in [-0.4, -0.2) is 37.6 Å². The molecule has 1 aromatic rings. The van der Waals surface area contributed by atoms with E-state index in [1.807, 2.05) is 0 Å². The molecule has 1 fully saturated rings. The van der Waals surface area contributed by atoms with Crippen molar-refractivity contribution in [3.8, 4) is 0 Å². The summed E-state index contributed by atoms with van der Waals surface area (Å²) in [5.41, 5.74) is -1.22. The van der Waals surface area contributed by atoms with Crippen molar-refractivity contribution in [3.63, 3.8) is 0 Å². The van der Waals surface area contributed by atoms with Gasteiger partial charge in [0.05, 0.1) is 23.3 Å². The molecule has 5 nitrogen and oxygen atoms in total. The molecular weight excluding hydrogens is 337 g/mol. The molecule has 0 radical (unpaired) electrons. The van der Waals surface area contributed by atoms with Crippen LogP contribution in [0.15, 0.2) is 18.2 Å². The minimum atomic E-state index is -4.56. The molecule has 0 saturated carbocycles. The molecule has 126 valence electrons. The van der Waals surface area contributed by atoms with Gasteiger partial charge >= 0.3 is 12.1 Å². The molecule has 2 N–H and O–H groups in total. The van der Waals surface area contributed by atoms with Gasteiger partial charge in [-0.15, -0.1) is 0 Å². The van der Waals surface area contributed by atoms with E-state index in [1.54, 1.807) is 0 Å². The molecule has 0 bridgehead atoms. The number of carbonyl (C=O) groups excluding carboxylic acids is 2. The topological polar surface area (TPSA) is 67.4 Å². The molecule has 0 aromatic heterocycles. The van der Waals surface area contributed by atoms with E-state index in [0.717, 1.165) is 12.1 Å². The maximum Gasteiger partial charge on any atom is 0.416 e. The van der Waals surface area contributed by atoms with Crippen LogP contribution in [0.4, 0.5) is 13.2 Å². The molecule has 0 aliphatic carbocycles. The van der Waals surface area contributed by atoms with Crippen LogP contribution in [0.1, 0.15) is 22.3 Å². The molecule has 1 aromatic carbocycles. The molecule has 2 rings (SSSR count). The van der Waals surface area contributed by atoms with Gasteiger partial charge in [0.1, 0.15) is 6.04 Å². The number of alkyl halides is 3. The first-order chi connectivity index (χ1) is 10.7. The van der Waals surface area contributed by atoms with Gasteiger partial charge in [-0.1, -0.05) is 11.6 Å². The van der Waals surface area contributed by atoms with Crippen LogP contribution in [0.3, 0.4) is 0 Å². The average molecular weight is 351 g/mol. The van der Waals surface area contributed by atoms with Crippen molar-refractivity contribution in [1.29, 1.82) is 0 Å². The Morgan fingerprint density at radius 3 is 2.70 bits per heavy atom. The zero-order valence-electron chi connectivity index (χ0n) is 12.0. The second-order valence-corrected chi connectivity index (χ2v) is 5.49. The SMILES string of the molecule is COC(=O)[C@@H]1C[C@@H](NC(=O)c2cc(C(F)(F)F)ccc2Cl)CN1. The van der Waals surface area contributed by atoms with Gasteiger partial charge in [0, 0.05) is 12.6 Å². The summed E-state index contributed by atoms with van der Waals surface area (Å²) in [5, 5.41) is 5.35. The van der Waals surface area contributed by atoms with E-state index in [4.69, 9.17) is 11.6 Å². The number of hydrogen-bond acceptors (Lipinski definition) is 4. The number of hydrogen-bond donors (Lipinski definition) is 2. The minimum absolute atomic E-state index is 0.0778. The van der Waals surface area contributed by atoms with Crippen LogP contribution < -0.4 is 10.6 Å². The highest BCUT2D eigenvalue weighted by Gasteiger charge is 2.33. The first-order valence-electron chi connectivity index (χ1n) is 6.71. The van der Waals surface area contributed by atoms with E-state index in [9.17, 15) is 22.8 Å². The Morgan fingerprint density at radius 1 is 1.39 bits per heavy atom. The van der Waals surface area contributed by atoms with Crippen LogP contribution in [0.25, 0.3) is 0 Å². The highest BCUT2D eigenvalue weighted by Crippen LogP contribution is 2.31. The summed E-state index contributed by atoms with van der Waals surface area (Å²) in [6.07, 6.45) is -4.28. The van der Waals surface area contributed by atoms with Gasteiger partial charge < -0.3 is 15.4 Å². The quantitative estimate of drug-likeness (QED) is 0.818. The Balaban J connectivity index is 2.08. The number of methoxy groups -OCH3 is 1. The number of amides is 1. The van der Waals surface area contributed by atoms with Crippen molar-refractivity contribution in [2.45, 2.75) is 24.7 Å². The number of carbonyl (C=O) groups is 2. The van der Waals surface area contributed by atoms with Gasteiger partial charge in [-0.2, -0.15) is 13.2 Å². The third-order valence-electron chi connectivity index (χ3n) is 3.49. The first kappa shape index (κ1) is 17.6. The third kappa shape index (κ3) is 4.14. The maximum atomic E-state index is 12.7. The molecular formula is C14H14ClF3N2O3. The first-order valence-corrected chi connectivity index (χ1v) is 7.09. The monoisotopic (exact) mass is 350 g/mol. The number of nitrogens with one attached hydrogen (secondary N) is 2. The van der Waals surface area contributed by atoms with Gasteiger partial charge in [-0.25, -0.2) is 0 Å². The second kappa shape index (κ2) is 6.76. The fourth-order valence-electron chi connectivity index (χ4n) is 2.31. The predicted molar refractivity (Wildman–Crippen MR) is 76.1 cm³/mol. The zero-order valence-corrected chi connectivity index (χ0v) is 12.8. The summed E-state index contributed by atoms with van der Waals surface area (Å²) in [4.78, 5) is 23.5. The summed E-state index contributed by atoms with van der Waals surface area (Å²) in [7, 11) is 1.25. The van der Waals surface area contributed by atoms with Crippen molar-refractivity contribution in [3.05, 3.63) is 34.3 Å². The van der Waals surface area contributed by atoms with Crippen LogP contribution in [-0.2, 0) is 15.7 Å². The Morgan fingerprint density at radius 2 is 2.09 bits per heavy atom. The fraction of sp³-hybridized carbons (Fsp3) is 0.429. The lowest BCUT2D eigenvalue weighted by molar-refractivity contribution is -0.142. The van der Waals surface area contributed by atoms with Gasteiger partial charge in [0.15, 0.2) is 0 Å². The van der Waals surface area contributed by atoms with Gasteiger partial charge in [0.25, 0.3) is 5.91 Å². The summed E-state index contributed by atoms with van der Waals surface area (Å²) in [6, 6.07) is 1.59. The predicted octanol–water partition coefficient (Wildman–Crippen LogP) is 1.99. The summed E-state index contributed by atoms with van der Waals surface area (Å²) >= 11 is 5.81. The average Bonchev–Trinajstić information content (AvgIpc) is 2.94. The van der Waals surface area contributed by atoms with Gasteiger partial charge in [-0.3, -0.25) is 9.59 Å². The fourth-order valence-corrected chi connectivity index (χ4v) is 2.51. The zero-order chi connectivity index (χ0) is 17.2. The van der Waals surface area contributed by atoms with E-state index < -0.39 is 35.7 Å². The summed E-state index contributed by atoms with van der Waals surface area (Å²) < 4.78 is 42.7. The molecule has 1 aliphatic rings. The number of rotatable bonds is 3. The number of esters is 1. The third-order valence-corrected chi connectivity index (χ3v) is 3.82. The van der Waals surface area contributed by atoms with E-state index >= 15 is 0 Å². The second-order valence-electron chi connectivity index (χ2n) is 5.08. The Labute approximate surface area is 135 Å². The van der Waals surface area contributed by atoms with Crippen molar-refractivity contribution < 1.29 is 27.5 Å². The highest BCUT2D eigenvalue weighted by molar-refractivity contribution is 6.33. The van der Waals surface area contributed by atoms with E-state index in [1.165, 1.54) is 7.11 Å². The summed E-state index contributed by atoms with van der Waals surface area (Å²) in [6.45, 7) is 0.308. The molecule has 0 spiro atoms. The molecule has 2 atom stereocenters. The number of benzene rings is 1. The molecule has 9 heteroatoms. The standard InChI is InChI=1S/C14H14ClF3N2O3/c1-23-13(22)11-5-8(6-19-11)20-12(21)9-4-7(14(16,17)18)2-3-10(9)15/h2-4,8,11,19H,5-6H2,1H3,(H,20,21)/t8-,11+/m1/s1. The van der Waals surface area contributed by atoms with Crippen LogP contribution in [0.2, 0.25) is 5.02 Å². The summed E-state index contributed by atoms with van der Waals surface area (Å²) in [5.74, 6) is -1.18. The van der Waals surface area contributed by atoms with Crippen molar-refractivity contribution in [2.75, 3.05) is 13.7 Å². The van der Waals surface area contributed by atoms with Crippen molar-refractivity contribution in [1.82, 2.24) is 10.6 Å².